The summed E-state index contributed by atoms with van der Waals surface area (Å²) in [6, 6.07) is 6.47. The van der Waals surface area contributed by atoms with Crippen LogP contribution >= 0.6 is 0 Å². The summed E-state index contributed by atoms with van der Waals surface area (Å²) in [5.41, 5.74) is 0.595. The first-order chi connectivity index (χ1) is 14.5. The molecule has 0 saturated heterocycles. The van der Waals surface area contributed by atoms with Crippen LogP contribution in [0.15, 0.2) is 63.4 Å². The molecule has 1 atom stereocenters. The predicted octanol–water partition coefficient (Wildman–Crippen LogP) is 3.30. The SMILES string of the molecule is CN(C)S(=O)(=O)c1ccccc1-c1cc2c(cn1)C1N=NC=C1C(=O)N2CC(F)(F)F. The van der Waals surface area contributed by atoms with Crippen molar-refractivity contribution in [2.24, 2.45) is 10.2 Å². The van der Waals surface area contributed by atoms with Gasteiger partial charge in [-0.05, 0) is 12.1 Å². The van der Waals surface area contributed by atoms with Crippen molar-refractivity contribution in [3.05, 3.63) is 53.9 Å². The van der Waals surface area contributed by atoms with Crippen LogP contribution in [0.2, 0.25) is 0 Å². The molecular formula is C19H16F3N5O3S. The van der Waals surface area contributed by atoms with Gasteiger partial charge in [-0.3, -0.25) is 14.7 Å². The van der Waals surface area contributed by atoms with Crippen molar-refractivity contribution in [2.75, 3.05) is 25.5 Å². The van der Waals surface area contributed by atoms with Crippen molar-refractivity contribution in [1.29, 1.82) is 0 Å². The largest absolute Gasteiger partial charge is 0.406 e. The maximum Gasteiger partial charge on any atom is 0.406 e. The molecule has 162 valence electrons. The molecule has 31 heavy (non-hydrogen) atoms. The van der Waals surface area contributed by atoms with Crippen molar-refractivity contribution < 1.29 is 26.4 Å². The highest BCUT2D eigenvalue weighted by atomic mass is 32.2. The van der Waals surface area contributed by atoms with E-state index in [0.29, 0.717) is 4.90 Å². The van der Waals surface area contributed by atoms with E-state index in [4.69, 9.17) is 0 Å². The van der Waals surface area contributed by atoms with Crippen LogP contribution in [0.25, 0.3) is 11.3 Å². The van der Waals surface area contributed by atoms with Gasteiger partial charge >= 0.3 is 6.18 Å². The van der Waals surface area contributed by atoms with Crippen LogP contribution < -0.4 is 4.90 Å². The highest BCUT2D eigenvalue weighted by molar-refractivity contribution is 7.89. The normalized spacial score (nSPS) is 18.3. The lowest BCUT2D eigenvalue weighted by atomic mass is 9.93. The number of aromatic nitrogens is 1. The summed E-state index contributed by atoms with van der Waals surface area (Å²) < 4.78 is 66.1. The number of carbonyl (C=O) groups is 1. The van der Waals surface area contributed by atoms with Gasteiger partial charge in [0, 0.05) is 31.4 Å². The van der Waals surface area contributed by atoms with Crippen molar-refractivity contribution in [3.8, 4) is 11.3 Å². The van der Waals surface area contributed by atoms with Crippen LogP contribution in [-0.4, -0.2) is 50.4 Å². The van der Waals surface area contributed by atoms with E-state index in [9.17, 15) is 26.4 Å². The van der Waals surface area contributed by atoms with Crippen molar-refractivity contribution in [3.63, 3.8) is 0 Å². The molecular weight excluding hydrogens is 435 g/mol. The van der Waals surface area contributed by atoms with Crippen molar-refractivity contribution >= 4 is 21.6 Å². The van der Waals surface area contributed by atoms with Gasteiger partial charge in [0.1, 0.15) is 12.6 Å². The second-order valence-corrected chi connectivity index (χ2v) is 9.26. The van der Waals surface area contributed by atoms with Gasteiger partial charge in [0.25, 0.3) is 5.91 Å². The number of alkyl halides is 3. The number of sulfonamides is 1. The number of carbonyl (C=O) groups excluding carboxylic acids is 1. The number of rotatable bonds is 4. The number of fused-ring (bicyclic) bond motifs is 3. The van der Waals surface area contributed by atoms with E-state index in [1.807, 2.05) is 0 Å². The number of nitrogens with zero attached hydrogens (tertiary/aromatic N) is 5. The molecule has 0 fully saturated rings. The average molecular weight is 451 g/mol. The number of amides is 1. The highest BCUT2D eigenvalue weighted by Gasteiger charge is 2.43. The van der Waals surface area contributed by atoms with Crippen LogP contribution in [0, 0.1) is 0 Å². The van der Waals surface area contributed by atoms with Crippen LogP contribution in [0.1, 0.15) is 11.6 Å². The van der Waals surface area contributed by atoms with Crippen molar-refractivity contribution in [1.82, 2.24) is 9.29 Å². The molecule has 1 amide bonds. The summed E-state index contributed by atoms with van der Waals surface area (Å²) in [5, 5.41) is 7.60. The lowest BCUT2D eigenvalue weighted by Crippen LogP contribution is -2.43. The molecule has 0 N–H and O–H groups in total. The number of azo groups is 1. The molecule has 1 unspecified atom stereocenters. The zero-order valence-corrected chi connectivity index (χ0v) is 17.1. The summed E-state index contributed by atoms with van der Waals surface area (Å²) in [6.45, 7) is -1.51. The van der Waals surface area contributed by atoms with E-state index in [0.717, 1.165) is 10.5 Å². The summed E-state index contributed by atoms with van der Waals surface area (Å²) >= 11 is 0. The number of halogens is 3. The van der Waals surface area contributed by atoms with E-state index < -0.39 is 34.7 Å². The van der Waals surface area contributed by atoms with E-state index in [-0.39, 0.29) is 33.0 Å². The monoisotopic (exact) mass is 451 g/mol. The molecule has 0 saturated carbocycles. The average Bonchev–Trinajstić information content (AvgIpc) is 3.20. The van der Waals surface area contributed by atoms with Gasteiger partial charge in [-0.1, -0.05) is 18.2 Å². The van der Waals surface area contributed by atoms with E-state index >= 15 is 0 Å². The number of benzene rings is 1. The fourth-order valence-corrected chi connectivity index (χ4v) is 4.54. The number of pyridine rings is 1. The second-order valence-electron chi connectivity index (χ2n) is 7.14. The van der Waals surface area contributed by atoms with Gasteiger partial charge < -0.3 is 0 Å². The Bertz CT molecular complexity index is 1240. The van der Waals surface area contributed by atoms with Crippen molar-refractivity contribution in [2.45, 2.75) is 17.1 Å². The minimum atomic E-state index is -4.65. The van der Waals surface area contributed by atoms with Crippen LogP contribution in [0.5, 0.6) is 0 Å². The first kappa shape index (κ1) is 21.1. The molecule has 12 heteroatoms. The van der Waals surface area contributed by atoms with Gasteiger partial charge in [-0.2, -0.15) is 23.4 Å². The quantitative estimate of drug-likeness (QED) is 0.713. The zero-order chi connectivity index (χ0) is 22.6. The molecule has 0 aliphatic carbocycles. The lowest BCUT2D eigenvalue weighted by molar-refractivity contribution is -0.130. The molecule has 0 spiro atoms. The maximum atomic E-state index is 13.2. The maximum absolute atomic E-state index is 13.2. The topological polar surface area (TPSA) is 95.3 Å². The Morgan fingerprint density at radius 2 is 1.90 bits per heavy atom. The standard InChI is InChI=1S/C19H16F3N5O3S/c1-26(2)31(29,30)16-6-4-3-5-11(16)14-7-15-12(8-23-14)17-13(9-24-25-17)18(28)27(15)10-19(20,21)22/h3-9,17H,10H2,1-2H3. The molecule has 1 aromatic heterocycles. The van der Waals surface area contributed by atoms with Gasteiger partial charge in [-0.25, -0.2) is 12.7 Å². The Hall–Kier alpha value is -3.12. The fraction of sp³-hybridized carbons (Fsp3) is 0.263. The van der Waals surface area contributed by atoms with Crippen LogP contribution in [0.3, 0.4) is 0 Å². The van der Waals surface area contributed by atoms with Gasteiger partial charge in [0.05, 0.1) is 28.0 Å². The third-order valence-corrected chi connectivity index (χ3v) is 6.80. The van der Waals surface area contributed by atoms with E-state index in [1.54, 1.807) is 6.07 Å². The van der Waals surface area contributed by atoms with Gasteiger partial charge in [0.15, 0.2) is 0 Å². The van der Waals surface area contributed by atoms with E-state index in [2.05, 4.69) is 15.2 Å². The molecule has 0 bridgehead atoms. The minimum absolute atomic E-state index is 0.0295. The molecule has 1 aromatic carbocycles. The Kier molecular flexibility index (Phi) is 4.93. The Labute approximate surface area is 175 Å². The first-order valence-electron chi connectivity index (χ1n) is 9.01. The predicted molar refractivity (Wildman–Crippen MR) is 105 cm³/mol. The summed E-state index contributed by atoms with van der Waals surface area (Å²) in [6.07, 6.45) is -2.20. The van der Waals surface area contributed by atoms with E-state index in [1.165, 1.54) is 44.6 Å². The summed E-state index contributed by atoms with van der Waals surface area (Å²) in [7, 11) is -1.11. The molecule has 2 aromatic rings. The Morgan fingerprint density at radius 3 is 2.58 bits per heavy atom. The smallest absolute Gasteiger partial charge is 0.299 e. The van der Waals surface area contributed by atoms with Gasteiger partial charge in [-0.15, -0.1) is 0 Å². The molecule has 0 radical (unpaired) electrons. The number of hydrogen-bond acceptors (Lipinski definition) is 6. The van der Waals surface area contributed by atoms with Gasteiger partial charge in [0.2, 0.25) is 10.0 Å². The summed E-state index contributed by atoms with van der Waals surface area (Å²) in [4.78, 5) is 17.5. The third kappa shape index (κ3) is 3.61. The minimum Gasteiger partial charge on any atom is -0.299 e. The summed E-state index contributed by atoms with van der Waals surface area (Å²) in [5.74, 6) is -0.855. The second kappa shape index (κ2) is 7.24. The molecule has 8 nitrogen and oxygen atoms in total. The lowest BCUT2D eigenvalue weighted by Gasteiger charge is -2.33. The zero-order valence-electron chi connectivity index (χ0n) is 16.3. The third-order valence-electron chi connectivity index (χ3n) is 4.92. The molecule has 2 aliphatic rings. The highest BCUT2D eigenvalue weighted by Crippen LogP contribution is 2.44. The van der Waals surface area contributed by atoms with Crippen LogP contribution in [0.4, 0.5) is 18.9 Å². The molecule has 4 rings (SSSR count). The Morgan fingerprint density at radius 1 is 1.19 bits per heavy atom. The Balaban J connectivity index is 1.90. The fourth-order valence-electron chi connectivity index (χ4n) is 3.45. The number of hydrogen-bond donors (Lipinski definition) is 0. The number of anilines is 1. The van der Waals surface area contributed by atoms with Crippen LogP contribution in [-0.2, 0) is 14.8 Å². The first-order valence-corrected chi connectivity index (χ1v) is 10.5. The molecule has 3 heterocycles. The molecule has 2 aliphatic heterocycles.